The third-order valence-electron chi connectivity index (χ3n) is 4.17. The lowest BCUT2D eigenvalue weighted by atomic mass is 9.91. The first kappa shape index (κ1) is 16.6. The highest BCUT2D eigenvalue weighted by Gasteiger charge is 2.30. The summed E-state index contributed by atoms with van der Waals surface area (Å²) < 4.78 is 7.09. The Morgan fingerprint density at radius 1 is 1.62 bits per heavy atom. The van der Waals surface area contributed by atoms with Gasteiger partial charge in [0, 0.05) is 17.9 Å². The molecule has 1 aliphatic heterocycles. The second-order valence-corrected chi connectivity index (χ2v) is 6.65. The number of carbonyl (C=O) groups is 1. The molecule has 0 radical (unpaired) electrons. The minimum Gasteiger partial charge on any atom is -0.381 e. The van der Waals surface area contributed by atoms with Crippen molar-refractivity contribution in [2.24, 2.45) is 5.92 Å². The van der Waals surface area contributed by atoms with Crippen LogP contribution in [0.15, 0.2) is 23.0 Å². The van der Waals surface area contributed by atoms with Crippen LogP contribution in [0.25, 0.3) is 0 Å². The summed E-state index contributed by atoms with van der Waals surface area (Å²) in [6, 6.07) is 3.24. The number of ether oxygens (including phenoxy) is 1. The topological polar surface area (TPSA) is 92.8 Å². The van der Waals surface area contributed by atoms with E-state index in [9.17, 15) is 4.79 Å². The Balaban J connectivity index is 1.83. The highest BCUT2D eigenvalue weighted by Crippen LogP contribution is 2.28. The molecule has 0 aliphatic carbocycles. The Morgan fingerprint density at radius 2 is 2.50 bits per heavy atom. The van der Waals surface area contributed by atoms with Gasteiger partial charge in [-0.25, -0.2) is 4.68 Å². The minimum atomic E-state index is -0.401. The maximum atomic E-state index is 12.5. The van der Waals surface area contributed by atoms with Crippen LogP contribution in [0.5, 0.6) is 0 Å². The zero-order valence-corrected chi connectivity index (χ0v) is 14.2. The zero-order valence-electron chi connectivity index (χ0n) is 13.4. The number of nitriles is 1. The van der Waals surface area contributed by atoms with Gasteiger partial charge in [-0.05, 0) is 31.2 Å². The first-order valence-electron chi connectivity index (χ1n) is 7.91. The molecule has 24 heavy (non-hydrogen) atoms. The number of carbonyl (C=O) groups excluding carboxylic acids is 1. The molecule has 3 heterocycles. The average Bonchev–Trinajstić information content (AvgIpc) is 3.31. The fraction of sp³-hybridized carbons (Fsp3) is 0.500. The van der Waals surface area contributed by atoms with Crippen molar-refractivity contribution in [3.63, 3.8) is 0 Å². The summed E-state index contributed by atoms with van der Waals surface area (Å²) in [5, 5.41) is 24.0. The molecule has 3 atom stereocenters. The lowest BCUT2D eigenvalue weighted by Gasteiger charge is -2.29. The van der Waals surface area contributed by atoms with Crippen molar-refractivity contribution in [2.45, 2.75) is 31.8 Å². The van der Waals surface area contributed by atoms with Crippen LogP contribution < -0.4 is 5.32 Å². The van der Waals surface area contributed by atoms with Crippen LogP contribution in [-0.4, -0.2) is 34.1 Å². The van der Waals surface area contributed by atoms with Gasteiger partial charge >= 0.3 is 0 Å². The number of thiophene rings is 1. The summed E-state index contributed by atoms with van der Waals surface area (Å²) in [5.74, 6) is 0.0126. The molecule has 8 heteroatoms. The molecule has 1 saturated heterocycles. The molecule has 3 rings (SSSR count). The van der Waals surface area contributed by atoms with Crippen LogP contribution in [0.3, 0.4) is 0 Å². The summed E-state index contributed by atoms with van der Waals surface area (Å²) in [6.07, 6.45) is 3.65. The fourth-order valence-electron chi connectivity index (χ4n) is 2.76. The van der Waals surface area contributed by atoms with Gasteiger partial charge in [-0.15, -0.1) is 5.10 Å². The van der Waals surface area contributed by atoms with Crippen LogP contribution in [0.1, 0.15) is 47.9 Å². The average molecular weight is 345 g/mol. The van der Waals surface area contributed by atoms with E-state index in [0.29, 0.717) is 17.9 Å². The van der Waals surface area contributed by atoms with Crippen molar-refractivity contribution < 1.29 is 9.53 Å². The van der Waals surface area contributed by atoms with Gasteiger partial charge in [-0.2, -0.15) is 16.6 Å². The number of aromatic nitrogens is 3. The quantitative estimate of drug-likeness (QED) is 0.898. The minimum absolute atomic E-state index is 0.130. The summed E-state index contributed by atoms with van der Waals surface area (Å²) in [4.78, 5) is 12.5. The Kier molecular flexibility index (Phi) is 5.23. The molecule has 126 valence electrons. The SMILES string of the molecule is C[C@@H](C#N)n1cc([C@@H](NC(=O)c2ccsc2)C2CCCOC2)nn1. The predicted molar refractivity (Wildman–Crippen MR) is 88.4 cm³/mol. The van der Waals surface area contributed by atoms with Gasteiger partial charge in [0.15, 0.2) is 0 Å². The van der Waals surface area contributed by atoms with Crippen molar-refractivity contribution in [2.75, 3.05) is 13.2 Å². The van der Waals surface area contributed by atoms with Gasteiger partial charge in [-0.1, -0.05) is 5.21 Å². The van der Waals surface area contributed by atoms with E-state index >= 15 is 0 Å². The standard InChI is InChI=1S/C16H19N5O2S/c1-11(7-17)21-8-14(19-20-21)15(12-3-2-5-23-9-12)18-16(22)13-4-6-24-10-13/h4,6,8,10-12,15H,2-3,5,9H2,1H3,(H,18,22)/t11-,12?,15-/m0/s1. The summed E-state index contributed by atoms with van der Waals surface area (Å²) in [5.41, 5.74) is 1.30. The van der Waals surface area contributed by atoms with E-state index in [0.717, 1.165) is 19.4 Å². The third-order valence-corrected chi connectivity index (χ3v) is 4.85. The molecular formula is C16H19N5O2S. The molecule has 1 aliphatic rings. The number of nitrogens with one attached hydrogen (secondary N) is 1. The van der Waals surface area contributed by atoms with Crippen molar-refractivity contribution in [1.82, 2.24) is 20.3 Å². The van der Waals surface area contributed by atoms with Crippen LogP contribution in [-0.2, 0) is 4.74 Å². The van der Waals surface area contributed by atoms with Crippen LogP contribution in [0, 0.1) is 17.2 Å². The van der Waals surface area contributed by atoms with Gasteiger partial charge in [-0.3, -0.25) is 4.79 Å². The summed E-state index contributed by atoms with van der Waals surface area (Å²) in [6.45, 7) is 3.08. The van der Waals surface area contributed by atoms with Crippen molar-refractivity contribution in [3.8, 4) is 6.07 Å². The Morgan fingerprint density at radius 3 is 3.17 bits per heavy atom. The maximum Gasteiger partial charge on any atom is 0.252 e. The second-order valence-electron chi connectivity index (χ2n) is 5.87. The normalized spacial score (nSPS) is 20.1. The largest absolute Gasteiger partial charge is 0.381 e. The first-order valence-corrected chi connectivity index (χ1v) is 8.85. The molecular weight excluding hydrogens is 326 g/mol. The molecule has 1 N–H and O–H groups in total. The number of rotatable bonds is 5. The molecule has 0 saturated carbocycles. The van der Waals surface area contributed by atoms with E-state index in [1.807, 2.05) is 10.8 Å². The molecule has 1 fully saturated rings. The van der Waals surface area contributed by atoms with Gasteiger partial charge in [0.1, 0.15) is 11.7 Å². The molecule has 2 aromatic heterocycles. The first-order chi connectivity index (χ1) is 11.7. The Labute approximate surface area is 144 Å². The molecule has 0 aromatic carbocycles. The highest BCUT2D eigenvalue weighted by molar-refractivity contribution is 7.08. The fourth-order valence-corrected chi connectivity index (χ4v) is 3.40. The maximum absolute atomic E-state index is 12.5. The molecule has 2 aromatic rings. The zero-order chi connectivity index (χ0) is 16.9. The predicted octanol–water partition coefficient (Wildman–Crippen LogP) is 2.32. The van der Waals surface area contributed by atoms with E-state index in [1.54, 1.807) is 19.2 Å². The smallest absolute Gasteiger partial charge is 0.252 e. The van der Waals surface area contributed by atoms with Gasteiger partial charge < -0.3 is 10.1 Å². The molecule has 1 amide bonds. The molecule has 1 unspecified atom stereocenters. The highest BCUT2D eigenvalue weighted by atomic mass is 32.1. The Hall–Kier alpha value is -2.24. The van der Waals surface area contributed by atoms with Gasteiger partial charge in [0.25, 0.3) is 5.91 Å². The molecule has 0 spiro atoms. The summed E-state index contributed by atoms with van der Waals surface area (Å²) >= 11 is 1.48. The van der Waals surface area contributed by atoms with Crippen LogP contribution >= 0.6 is 11.3 Å². The molecule has 0 bridgehead atoms. The summed E-state index contributed by atoms with van der Waals surface area (Å²) in [7, 11) is 0. The molecule has 7 nitrogen and oxygen atoms in total. The van der Waals surface area contributed by atoms with Crippen molar-refractivity contribution in [1.29, 1.82) is 5.26 Å². The lowest BCUT2D eigenvalue weighted by Crippen LogP contribution is -2.37. The van der Waals surface area contributed by atoms with E-state index < -0.39 is 6.04 Å². The Bertz CT molecular complexity index is 715. The lowest BCUT2D eigenvalue weighted by molar-refractivity contribution is 0.0373. The van der Waals surface area contributed by atoms with E-state index in [4.69, 9.17) is 10.00 Å². The number of hydrogen-bond acceptors (Lipinski definition) is 6. The number of hydrogen-bond donors (Lipinski definition) is 1. The third kappa shape index (κ3) is 3.63. The number of nitrogens with zero attached hydrogens (tertiary/aromatic N) is 4. The van der Waals surface area contributed by atoms with E-state index in [-0.39, 0.29) is 17.9 Å². The second kappa shape index (κ2) is 7.55. The monoisotopic (exact) mass is 345 g/mol. The van der Waals surface area contributed by atoms with Crippen LogP contribution in [0.2, 0.25) is 0 Å². The van der Waals surface area contributed by atoms with Gasteiger partial charge in [0.2, 0.25) is 0 Å². The van der Waals surface area contributed by atoms with Crippen molar-refractivity contribution in [3.05, 3.63) is 34.3 Å². The number of amides is 1. The van der Waals surface area contributed by atoms with Gasteiger partial charge in [0.05, 0.1) is 30.5 Å². The van der Waals surface area contributed by atoms with E-state index in [2.05, 4.69) is 21.7 Å². The van der Waals surface area contributed by atoms with Crippen LogP contribution in [0.4, 0.5) is 0 Å². The van der Waals surface area contributed by atoms with E-state index in [1.165, 1.54) is 16.0 Å². The van der Waals surface area contributed by atoms with Crippen molar-refractivity contribution >= 4 is 17.2 Å².